The van der Waals surface area contributed by atoms with E-state index in [1.165, 1.54) is 0 Å². The van der Waals surface area contributed by atoms with Crippen LogP contribution >= 0.6 is 0 Å². The molecule has 4 nitrogen and oxygen atoms in total. The van der Waals surface area contributed by atoms with Crippen LogP contribution in [0, 0.1) is 0 Å². The monoisotopic (exact) mass is 201 g/mol. The number of likely N-dealkylation sites (N-methyl/N-ethyl adjacent to an activating group) is 1. The van der Waals surface area contributed by atoms with Crippen LogP contribution in [0.2, 0.25) is 0 Å². The number of quaternary nitrogens is 1. The van der Waals surface area contributed by atoms with E-state index < -0.39 is 5.97 Å². The smallest absolute Gasteiger partial charge is 0.112 e. The van der Waals surface area contributed by atoms with E-state index in [4.69, 9.17) is 4.74 Å². The molecule has 0 aliphatic heterocycles. The number of carbonyl (C=O) groups is 1. The van der Waals surface area contributed by atoms with Crippen molar-refractivity contribution >= 4 is 5.97 Å². The van der Waals surface area contributed by atoms with Gasteiger partial charge in [-0.05, 0) is 0 Å². The first-order valence-corrected chi connectivity index (χ1v) is 4.58. The molecule has 4 heteroatoms. The van der Waals surface area contributed by atoms with E-state index in [0.29, 0.717) is 17.6 Å². The molecule has 0 bridgehead atoms. The fourth-order valence-corrected chi connectivity index (χ4v) is 1.18. The first-order valence-electron chi connectivity index (χ1n) is 4.58. The molecule has 0 aliphatic rings. The summed E-state index contributed by atoms with van der Waals surface area (Å²) in [5.74, 6) is -1.08. The Balaban J connectivity index is 4.09. The Morgan fingerprint density at radius 1 is 1.57 bits per heavy atom. The molecule has 0 saturated heterocycles. The lowest BCUT2D eigenvalue weighted by Gasteiger charge is -2.29. The Kier molecular flexibility index (Phi) is 5.42. The van der Waals surface area contributed by atoms with Gasteiger partial charge < -0.3 is 19.1 Å². The minimum atomic E-state index is -1.08. The number of ether oxygens (including phenoxy) is 1. The van der Waals surface area contributed by atoms with E-state index in [1.54, 1.807) is 6.08 Å². The molecule has 0 aromatic rings. The maximum Gasteiger partial charge on any atom is 0.112 e. The maximum absolute atomic E-state index is 10.4. The van der Waals surface area contributed by atoms with E-state index in [9.17, 15) is 9.90 Å². The molecule has 14 heavy (non-hydrogen) atoms. The number of carboxylic acid groups (broad SMARTS) is 1. The Morgan fingerprint density at radius 3 is 2.50 bits per heavy atom. The topological polar surface area (TPSA) is 49.4 Å². The zero-order valence-corrected chi connectivity index (χ0v) is 9.16. The van der Waals surface area contributed by atoms with Crippen molar-refractivity contribution in [2.75, 3.05) is 34.3 Å². The number of nitrogens with zero attached hydrogens (tertiary/aromatic N) is 1. The van der Waals surface area contributed by atoms with Gasteiger partial charge >= 0.3 is 0 Å². The van der Waals surface area contributed by atoms with Crippen LogP contribution in [0.25, 0.3) is 0 Å². The van der Waals surface area contributed by atoms with Crippen molar-refractivity contribution in [3.8, 4) is 0 Å². The average Bonchev–Trinajstić information content (AvgIpc) is 1.96. The zero-order chi connectivity index (χ0) is 11.2. The number of carbonyl (C=O) groups excluding carboxylic acids is 1. The van der Waals surface area contributed by atoms with Gasteiger partial charge in [0.2, 0.25) is 0 Å². The third kappa shape index (κ3) is 7.76. The molecule has 82 valence electrons. The summed E-state index contributed by atoms with van der Waals surface area (Å²) in [6.07, 6.45) is 1.24. The van der Waals surface area contributed by atoms with Gasteiger partial charge in [0.15, 0.2) is 0 Å². The van der Waals surface area contributed by atoms with Gasteiger partial charge in [-0.2, -0.15) is 0 Å². The molecule has 0 spiro atoms. The summed E-state index contributed by atoms with van der Waals surface area (Å²) in [4.78, 5) is 10.4. The summed E-state index contributed by atoms with van der Waals surface area (Å²) in [6.45, 7) is 4.53. The van der Waals surface area contributed by atoms with Crippen molar-refractivity contribution in [2.45, 2.75) is 12.5 Å². The van der Waals surface area contributed by atoms with Gasteiger partial charge in [0.25, 0.3) is 0 Å². The molecule has 0 rings (SSSR count). The quantitative estimate of drug-likeness (QED) is 0.408. The van der Waals surface area contributed by atoms with E-state index in [-0.39, 0.29) is 12.5 Å². The highest BCUT2D eigenvalue weighted by Crippen LogP contribution is 2.03. The standard InChI is InChI=1S/C10H19NO3/c1-5-6-14-9(7-10(12)13)8-11(2,3)4/h5,9H,1,6-8H2,2-4H3. The molecule has 0 heterocycles. The highest BCUT2D eigenvalue weighted by atomic mass is 16.5. The summed E-state index contributed by atoms with van der Waals surface area (Å²) in [7, 11) is 5.96. The third-order valence-corrected chi connectivity index (χ3v) is 1.60. The number of hydrogen-bond acceptors (Lipinski definition) is 3. The fourth-order valence-electron chi connectivity index (χ4n) is 1.18. The van der Waals surface area contributed by atoms with Crippen molar-refractivity contribution in [2.24, 2.45) is 0 Å². The number of carboxylic acids is 1. The van der Waals surface area contributed by atoms with Crippen molar-refractivity contribution in [3.05, 3.63) is 12.7 Å². The fraction of sp³-hybridized carbons (Fsp3) is 0.700. The molecule has 0 amide bonds. The molecule has 0 radical (unpaired) electrons. The second-order valence-electron chi connectivity index (χ2n) is 4.29. The van der Waals surface area contributed by atoms with E-state index in [1.807, 2.05) is 21.1 Å². The Hall–Kier alpha value is -0.870. The second kappa shape index (κ2) is 5.78. The summed E-state index contributed by atoms with van der Waals surface area (Å²) < 4.78 is 5.99. The van der Waals surface area contributed by atoms with E-state index in [2.05, 4.69) is 6.58 Å². The number of aliphatic carboxylic acids is 1. The highest BCUT2D eigenvalue weighted by Gasteiger charge is 2.18. The number of hydrogen-bond donors (Lipinski definition) is 0. The van der Waals surface area contributed by atoms with Gasteiger partial charge in [0, 0.05) is 12.4 Å². The first-order chi connectivity index (χ1) is 6.35. The molecule has 0 N–H and O–H groups in total. The minimum Gasteiger partial charge on any atom is -0.550 e. The van der Waals surface area contributed by atoms with Crippen molar-refractivity contribution in [1.29, 1.82) is 0 Å². The van der Waals surface area contributed by atoms with Gasteiger partial charge in [-0.25, -0.2) is 0 Å². The van der Waals surface area contributed by atoms with Crippen LogP contribution < -0.4 is 5.11 Å². The lowest BCUT2D eigenvalue weighted by atomic mass is 10.2. The molecule has 1 unspecified atom stereocenters. The average molecular weight is 201 g/mol. The van der Waals surface area contributed by atoms with Crippen molar-refractivity contribution in [3.63, 3.8) is 0 Å². The molecule has 0 fully saturated rings. The Labute approximate surface area is 85.4 Å². The van der Waals surface area contributed by atoms with Crippen LogP contribution in [0.3, 0.4) is 0 Å². The molecule has 0 aliphatic carbocycles. The predicted octanol–water partition coefficient (Wildman–Crippen LogP) is -0.596. The van der Waals surface area contributed by atoms with Crippen LogP contribution in [-0.2, 0) is 9.53 Å². The molecular formula is C10H19NO3. The van der Waals surface area contributed by atoms with E-state index >= 15 is 0 Å². The molecule has 0 aromatic heterocycles. The largest absolute Gasteiger partial charge is 0.550 e. The van der Waals surface area contributed by atoms with Crippen LogP contribution in [-0.4, -0.2) is 50.9 Å². The predicted molar refractivity (Wildman–Crippen MR) is 52.5 cm³/mol. The van der Waals surface area contributed by atoms with Gasteiger partial charge in [-0.1, -0.05) is 6.08 Å². The van der Waals surface area contributed by atoms with E-state index in [0.717, 1.165) is 0 Å². The first kappa shape index (κ1) is 13.1. The van der Waals surface area contributed by atoms with Crippen LogP contribution in [0.5, 0.6) is 0 Å². The summed E-state index contributed by atoms with van der Waals surface area (Å²) in [5, 5.41) is 10.4. The normalized spacial score (nSPS) is 13.6. The van der Waals surface area contributed by atoms with Crippen LogP contribution in [0.1, 0.15) is 6.42 Å². The maximum atomic E-state index is 10.4. The SMILES string of the molecule is C=CCOC(CC(=O)[O-])C[N+](C)(C)C. The van der Waals surface area contributed by atoms with Gasteiger partial charge in [0.1, 0.15) is 12.6 Å². The Morgan fingerprint density at radius 2 is 2.14 bits per heavy atom. The van der Waals surface area contributed by atoms with Crippen molar-refractivity contribution < 1.29 is 19.1 Å². The van der Waals surface area contributed by atoms with Crippen molar-refractivity contribution in [1.82, 2.24) is 0 Å². The summed E-state index contributed by atoms with van der Waals surface area (Å²) in [6, 6.07) is 0. The summed E-state index contributed by atoms with van der Waals surface area (Å²) >= 11 is 0. The Bertz CT molecular complexity index is 196. The van der Waals surface area contributed by atoms with Gasteiger partial charge in [-0.3, -0.25) is 0 Å². The molecule has 1 atom stereocenters. The zero-order valence-electron chi connectivity index (χ0n) is 9.16. The lowest BCUT2D eigenvalue weighted by Crippen LogP contribution is -2.44. The van der Waals surface area contributed by atoms with Gasteiger partial charge in [-0.15, -0.1) is 6.58 Å². The third-order valence-electron chi connectivity index (χ3n) is 1.60. The highest BCUT2D eigenvalue weighted by molar-refractivity contribution is 5.64. The number of rotatable bonds is 7. The summed E-state index contributed by atoms with van der Waals surface area (Å²) in [5.41, 5.74) is 0. The van der Waals surface area contributed by atoms with Crippen LogP contribution in [0.4, 0.5) is 0 Å². The molecule has 0 aromatic carbocycles. The van der Waals surface area contributed by atoms with Crippen LogP contribution in [0.15, 0.2) is 12.7 Å². The lowest BCUT2D eigenvalue weighted by molar-refractivity contribution is -0.873. The second-order valence-corrected chi connectivity index (χ2v) is 4.29. The molecular weight excluding hydrogens is 182 g/mol. The molecule has 0 saturated carbocycles. The minimum absolute atomic E-state index is 0.0661. The van der Waals surface area contributed by atoms with Gasteiger partial charge in [0.05, 0.1) is 27.7 Å².